The fourth-order valence-corrected chi connectivity index (χ4v) is 2.56. The molecule has 0 radical (unpaired) electrons. The molecule has 0 rings (SSSR count). The van der Waals surface area contributed by atoms with Gasteiger partial charge in [-0.2, -0.15) is 0 Å². The van der Waals surface area contributed by atoms with E-state index < -0.39 is 27.9 Å². The lowest BCUT2D eigenvalue weighted by molar-refractivity contribution is -0.137. The van der Waals surface area contributed by atoms with Crippen LogP contribution in [0.5, 0.6) is 0 Å². The van der Waals surface area contributed by atoms with Crippen molar-refractivity contribution in [3.05, 3.63) is 0 Å². The van der Waals surface area contributed by atoms with E-state index in [-0.39, 0.29) is 18.7 Å². The highest BCUT2D eigenvalue weighted by Crippen LogP contribution is 1.93. The van der Waals surface area contributed by atoms with Crippen molar-refractivity contribution in [3.8, 4) is 0 Å². The van der Waals surface area contributed by atoms with Gasteiger partial charge in [-0.1, -0.05) is 6.92 Å². The Balaban J connectivity index is 4.00. The highest BCUT2D eigenvalue weighted by molar-refractivity contribution is 7.89. The van der Waals surface area contributed by atoms with E-state index in [1.54, 1.807) is 6.92 Å². The first-order chi connectivity index (χ1) is 8.28. The lowest BCUT2D eigenvalue weighted by Crippen LogP contribution is -2.45. The minimum absolute atomic E-state index is 0.0242. The Bertz CT molecular complexity index is 380. The zero-order valence-electron chi connectivity index (χ0n) is 10.6. The zero-order chi connectivity index (χ0) is 14.2. The van der Waals surface area contributed by atoms with Crippen LogP contribution in [0.25, 0.3) is 0 Å². The lowest BCUT2D eigenvalue weighted by atomic mass is 10.3. The molecular weight excluding hydrogens is 260 g/mol. The van der Waals surface area contributed by atoms with E-state index in [0.29, 0.717) is 12.8 Å². The molecule has 106 valence electrons. The molecule has 18 heavy (non-hydrogen) atoms. The number of amides is 1. The van der Waals surface area contributed by atoms with E-state index in [2.05, 4.69) is 10.0 Å². The summed E-state index contributed by atoms with van der Waals surface area (Å²) in [7, 11) is -3.42. The van der Waals surface area contributed by atoms with Crippen LogP contribution < -0.4 is 10.0 Å². The maximum absolute atomic E-state index is 11.5. The van der Waals surface area contributed by atoms with Crippen molar-refractivity contribution in [1.29, 1.82) is 0 Å². The second kappa shape index (κ2) is 8.04. The molecule has 1 unspecified atom stereocenters. The van der Waals surface area contributed by atoms with Crippen molar-refractivity contribution < 1.29 is 23.1 Å². The van der Waals surface area contributed by atoms with Crippen LogP contribution >= 0.6 is 0 Å². The average Bonchev–Trinajstić information content (AvgIpc) is 2.22. The average molecular weight is 280 g/mol. The predicted octanol–water partition coefficient (Wildman–Crippen LogP) is -0.315. The summed E-state index contributed by atoms with van der Waals surface area (Å²) >= 11 is 0. The van der Waals surface area contributed by atoms with Gasteiger partial charge in [-0.3, -0.25) is 9.59 Å². The summed E-state index contributed by atoms with van der Waals surface area (Å²) in [5.74, 6) is -1.41. The maximum atomic E-state index is 11.5. The standard InChI is InChI=1S/C10H20N2O5S/c1-3-7-18(16,17)12-8(2)10(15)11-6-4-5-9(13)14/h8,12H,3-7H2,1-2H3,(H,11,15)(H,13,14). The largest absolute Gasteiger partial charge is 0.481 e. The Kier molecular flexibility index (Phi) is 7.53. The van der Waals surface area contributed by atoms with Crippen molar-refractivity contribution in [2.75, 3.05) is 12.3 Å². The number of aliphatic carboxylic acids is 1. The van der Waals surface area contributed by atoms with Crippen LogP contribution in [0.2, 0.25) is 0 Å². The Hall–Kier alpha value is -1.15. The van der Waals surface area contributed by atoms with Crippen molar-refractivity contribution in [3.63, 3.8) is 0 Å². The van der Waals surface area contributed by atoms with Crippen LogP contribution in [-0.4, -0.2) is 43.7 Å². The summed E-state index contributed by atoms with van der Waals surface area (Å²) in [4.78, 5) is 21.7. The van der Waals surface area contributed by atoms with Crippen LogP contribution in [0.4, 0.5) is 0 Å². The molecule has 0 aliphatic heterocycles. The lowest BCUT2D eigenvalue weighted by Gasteiger charge is -2.13. The van der Waals surface area contributed by atoms with Crippen LogP contribution in [0, 0.1) is 0 Å². The summed E-state index contributed by atoms with van der Waals surface area (Å²) in [6.07, 6.45) is 0.758. The Labute approximate surface area is 107 Å². The molecule has 0 aromatic rings. The first-order valence-electron chi connectivity index (χ1n) is 5.78. The number of carbonyl (C=O) groups is 2. The van der Waals surface area contributed by atoms with Gasteiger partial charge in [-0.05, 0) is 19.8 Å². The number of hydrogen-bond acceptors (Lipinski definition) is 4. The highest BCUT2D eigenvalue weighted by Gasteiger charge is 2.18. The molecule has 8 heteroatoms. The third-order valence-electron chi connectivity index (χ3n) is 2.09. The molecule has 1 amide bonds. The van der Waals surface area contributed by atoms with Gasteiger partial charge in [0.1, 0.15) is 0 Å². The van der Waals surface area contributed by atoms with Gasteiger partial charge in [0, 0.05) is 13.0 Å². The molecule has 0 heterocycles. The quantitative estimate of drug-likeness (QED) is 0.501. The summed E-state index contributed by atoms with van der Waals surface area (Å²) in [6, 6.07) is -0.855. The third-order valence-corrected chi connectivity index (χ3v) is 3.75. The van der Waals surface area contributed by atoms with E-state index in [0.717, 1.165) is 0 Å². The van der Waals surface area contributed by atoms with Crippen LogP contribution in [0.1, 0.15) is 33.1 Å². The molecule has 0 aromatic heterocycles. The van der Waals surface area contributed by atoms with Crippen molar-refractivity contribution in [1.82, 2.24) is 10.0 Å². The predicted molar refractivity (Wildman–Crippen MR) is 66.6 cm³/mol. The summed E-state index contributed by atoms with van der Waals surface area (Å²) in [5, 5.41) is 10.9. The molecule has 0 saturated carbocycles. The molecule has 7 nitrogen and oxygen atoms in total. The first kappa shape index (κ1) is 16.9. The topological polar surface area (TPSA) is 113 Å². The monoisotopic (exact) mass is 280 g/mol. The van der Waals surface area contributed by atoms with Gasteiger partial charge in [0.25, 0.3) is 0 Å². The fraction of sp³-hybridized carbons (Fsp3) is 0.800. The van der Waals surface area contributed by atoms with Gasteiger partial charge >= 0.3 is 5.97 Å². The number of sulfonamides is 1. The molecule has 0 aromatic carbocycles. The van der Waals surface area contributed by atoms with Crippen molar-refractivity contribution in [2.24, 2.45) is 0 Å². The molecule has 0 bridgehead atoms. The smallest absolute Gasteiger partial charge is 0.303 e. The number of carboxylic acid groups (broad SMARTS) is 1. The van der Waals surface area contributed by atoms with Gasteiger partial charge in [0.2, 0.25) is 15.9 Å². The van der Waals surface area contributed by atoms with Gasteiger partial charge in [0.05, 0.1) is 11.8 Å². The Morgan fingerprint density at radius 2 is 1.94 bits per heavy atom. The van der Waals surface area contributed by atoms with Crippen LogP contribution in [-0.2, 0) is 19.6 Å². The molecule has 0 saturated heterocycles. The first-order valence-corrected chi connectivity index (χ1v) is 7.43. The molecule has 0 aliphatic carbocycles. The molecule has 0 spiro atoms. The van der Waals surface area contributed by atoms with Gasteiger partial charge in [-0.15, -0.1) is 0 Å². The molecular formula is C10H20N2O5S. The normalized spacial score (nSPS) is 13.0. The maximum Gasteiger partial charge on any atom is 0.303 e. The molecule has 1 atom stereocenters. The Morgan fingerprint density at radius 1 is 1.33 bits per heavy atom. The summed E-state index contributed by atoms with van der Waals surface area (Å²) < 4.78 is 25.0. The third kappa shape index (κ3) is 8.02. The van der Waals surface area contributed by atoms with E-state index in [1.165, 1.54) is 6.92 Å². The number of carbonyl (C=O) groups excluding carboxylic acids is 1. The fourth-order valence-electron chi connectivity index (χ4n) is 1.25. The summed E-state index contributed by atoms with van der Waals surface area (Å²) in [6.45, 7) is 3.39. The van der Waals surface area contributed by atoms with E-state index in [9.17, 15) is 18.0 Å². The highest BCUT2D eigenvalue weighted by atomic mass is 32.2. The van der Waals surface area contributed by atoms with Crippen LogP contribution in [0.3, 0.4) is 0 Å². The molecule has 3 N–H and O–H groups in total. The van der Waals surface area contributed by atoms with Gasteiger partial charge < -0.3 is 10.4 Å². The van der Waals surface area contributed by atoms with E-state index >= 15 is 0 Å². The van der Waals surface area contributed by atoms with Gasteiger partial charge in [-0.25, -0.2) is 13.1 Å². The zero-order valence-corrected chi connectivity index (χ0v) is 11.4. The van der Waals surface area contributed by atoms with E-state index in [4.69, 9.17) is 5.11 Å². The molecule has 0 aliphatic rings. The second-order valence-electron chi connectivity index (χ2n) is 3.95. The van der Waals surface area contributed by atoms with Crippen molar-refractivity contribution in [2.45, 2.75) is 39.2 Å². The Morgan fingerprint density at radius 3 is 2.44 bits per heavy atom. The number of nitrogens with one attached hydrogen (secondary N) is 2. The minimum Gasteiger partial charge on any atom is -0.481 e. The van der Waals surface area contributed by atoms with Crippen molar-refractivity contribution >= 4 is 21.9 Å². The molecule has 0 fully saturated rings. The number of hydrogen-bond donors (Lipinski definition) is 3. The van der Waals surface area contributed by atoms with Gasteiger partial charge in [0.15, 0.2) is 0 Å². The van der Waals surface area contributed by atoms with E-state index in [1.807, 2.05) is 0 Å². The minimum atomic E-state index is -3.42. The van der Waals surface area contributed by atoms with Crippen LogP contribution in [0.15, 0.2) is 0 Å². The summed E-state index contributed by atoms with van der Waals surface area (Å²) in [5.41, 5.74) is 0. The number of carboxylic acids is 1. The SMILES string of the molecule is CCCS(=O)(=O)NC(C)C(=O)NCCCC(=O)O. The number of rotatable bonds is 9. The second-order valence-corrected chi connectivity index (χ2v) is 5.82.